The van der Waals surface area contributed by atoms with Crippen LogP contribution in [0.4, 0.5) is 0 Å². The summed E-state index contributed by atoms with van der Waals surface area (Å²) in [5.74, 6) is -0.921. The fourth-order valence-corrected chi connectivity index (χ4v) is 0.595. The molecule has 0 aliphatic rings. The van der Waals surface area contributed by atoms with Gasteiger partial charge in [-0.25, -0.2) is 4.79 Å². The minimum absolute atomic E-state index is 0.0754. The lowest BCUT2D eigenvalue weighted by molar-refractivity contribution is -0.142. The predicted octanol–water partition coefficient (Wildman–Crippen LogP) is 0.0833. The number of hydrogen-bond acceptors (Lipinski definition) is 4. The van der Waals surface area contributed by atoms with Gasteiger partial charge in [0.15, 0.2) is 0 Å². The summed E-state index contributed by atoms with van der Waals surface area (Å²) >= 11 is 0. The van der Waals surface area contributed by atoms with Crippen molar-refractivity contribution in [3.63, 3.8) is 0 Å². The molecule has 0 aromatic rings. The van der Waals surface area contributed by atoms with Crippen LogP contribution < -0.4 is 0 Å². The Labute approximate surface area is 76.6 Å². The summed E-state index contributed by atoms with van der Waals surface area (Å²) in [4.78, 5) is 20.4. The maximum absolute atomic E-state index is 10.4. The number of rotatable bonds is 8. The van der Waals surface area contributed by atoms with Crippen molar-refractivity contribution in [1.29, 1.82) is 0 Å². The van der Waals surface area contributed by atoms with Gasteiger partial charge in [0.1, 0.15) is 12.4 Å². The predicted molar refractivity (Wildman–Crippen MR) is 44.6 cm³/mol. The average Bonchev–Trinajstić information content (AvgIpc) is 2.01. The van der Waals surface area contributed by atoms with E-state index in [0.717, 1.165) is 0 Å². The van der Waals surface area contributed by atoms with Gasteiger partial charge in [-0.2, -0.15) is 0 Å². The van der Waals surface area contributed by atoms with Gasteiger partial charge < -0.3 is 14.6 Å². The molecule has 0 atom stereocenters. The van der Waals surface area contributed by atoms with Crippen LogP contribution in [0.25, 0.3) is 0 Å². The van der Waals surface area contributed by atoms with E-state index in [1.165, 1.54) is 6.92 Å². The Kier molecular flexibility index (Phi) is 7.14. The molecular formula is C8H14O5. The van der Waals surface area contributed by atoms with Gasteiger partial charge in [0.2, 0.25) is 0 Å². The number of aliphatic carboxylic acids is 1. The van der Waals surface area contributed by atoms with Crippen molar-refractivity contribution in [1.82, 2.24) is 0 Å². The van der Waals surface area contributed by atoms with Crippen molar-refractivity contribution in [2.75, 3.05) is 26.4 Å². The lowest BCUT2D eigenvalue weighted by atomic mass is 10.3. The zero-order valence-corrected chi connectivity index (χ0v) is 7.62. The molecule has 0 aromatic heterocycles. The number of ether oxygens (including phenoxy) is 2. The van der Waals surface area contributed by atoms with Crippen molar-refractivity contribution in [2.45, 2.75) is 13.3 Å². The normalized spacial score (nSPS) is 9.92. The van der Waals surface area contributed by atoms with Gasteiger partial charge in [-0.3, -0.25) is 4.79 Å². The highest BCUT2D eigenvalue weighted by molar-refractivity contribution is 5.75. The Bertz CT molecular complexity index is 148. The second-order valence-electron chi connectivity index (χ2n) is 2.51. The first kappa shape index (κ1) is 12.1. The van der Waals surface area contributed by atoms with Gasteiger partial charge in [-0.05, 0) is 6.92 Å². The Morgan fingerprint density at radius 3 is 2.31 bits per heavy atom. The molecule has 0 aromatic carbocycles. The summed E-state index contributed by atoms with van der Waals surface area (Å²) in [6.45, 7) is 2.11. The molecule has 5 heteroatoms. The van der Waals surface area contributed by atoms with Crippen molar-refractivity contribution in [3.05, 3.63) is 0 Å². The number of ketones is 1. The molecule has 0 aliphatic heterocycles. The third-order valence-corrected chi connectivity index (χ3v) is 1.20. The molecule has 0 bridgehead atoms. The molecule has 0 saturated heterocycles. The summed E-state index contributed by atoms with van der Waals surface area (Å²) in [5, 5.41) is 8.18. The van der Waals surface area contributed by atoms with Gasteiger partial charge in [0.25, 0.3) is 0 Å². The lowest BCUT2D eigenvalue weighted by Gasteiger charge is -2.02. The monoisotopic (exact) mass is 190 g/mol. The summed E-state index contributed by atoms with van der Waals surface area (Å²) in [6.07, 6.45) is 0.388. The quantitative estimate of drug-likeness (QED) is 0.549. The van der Waals surface area contributed by atoms with E-state index >= 15 is 0 Å². The first-order valence-electron chi connectivity index (χ1n) is 3.99. The van der Waals surface area contributed by atoms with Crippen LogP contribution in [0, 0.1) is 0 Å². The Balaban J connectivity index is 3.00. The highest BCUT2D eigenvalue weighted by Crippen LogP contribution is 1.84. The van der Waals surface area contributed by atoms with Crippen molar-refractivity contribution >= 4 is 11.8 Å². The molecule has 1 N–H and O–H groups in total. The van der Waals surface area contributed by atoms with Crippen LogP contribution in [0.15, 0.2) is 0 Å². The lowest BCUT2D eigenvalue weighted by Crippen LogP contribution is -2.12. The highest BCUT2D eigenvalue weighted by Gasteiger charge is 1.96. The zero-order valence-electron chi connectivity index (χ0n) is 7.62. The number of carboxylic acids is 1. The second-order valence-corrected chi connectivity index (χ2v) is 2.51. The molecule has 0 radical (unpaired) electrons. The molecule has 0 amide bonds. The van der Waals surface area contributed by atoms with E-state index in [9.17, 15) is 9.59 Å². The molecule has 0 fully saturated rings. The average molecular weight is 190 g/mol. The van der Waals surface area contributed by atoms with Crippen molar-refractivity contribution < 1.29 is 24.2 Å². The maximum atomic E-state index is 10.4. The largest absolute Gasteiger partial charge is 0.480 e. The third kappa shape index (κ3) is 11.1. The summed E-state index contributed by atoms with van der Waals surface area (Å²) in [6, 6.07) is 0. The molecule has 0 aliphatic carbocycles. The van der Waals surface area contributed by atoms with Crippen LogP contribution in [0.1, 0.15) is 13.3 Å². The van der Waals surface area contributed by atoms with Gasteiger partial charge >= 0.3 is 5.97 Å². The molecule has 0 saturated carbocycles. The molecular weight excluding hydrogens is 176 g/mol. The first-order valence-corrected chi connectivity index (χ1v) is 3.99. The first-order chi connectivity index (χ1) is 6.13. The molecule has 0 unspecified atom stereocenters. The van der Waals surface area contributed by atoms with Crippen LogP contribution in [-0.2, 0) is 19.1 Å². The third-order valence-electron chi connectivity index (χ3n) is 1.20. The number of carboxylic acid groups (broad SMARTS) is 1. The highest BCUT2D eigenvalue weighted by atomic mass is 16.5. The van der Waals surface area contributed by atoms with E-state index in [1.807, 2.05) is 0 Å². The smallest absolute Gasteiger partial charge is 0.329 e. The standard InChI is InChI=1S/C8H14O5/c1-7(9)2-3-12-4-5-13-6-8(10)11/h2-6H2,1H3,(H,10,11). The van der Waals surface area contributed by atoms with Crippen LogP contribution in [0.3, 0.4) is 0 Å². The van der Waals surface area contributed by atoms with Crippen molar-refractivity contribution in [2.24, 2.45) is 0 Å². The number of carbonyl (C=O) groups is 2. The summed E-state index contributed by atoms with van der Waals surface area (Å²) in [7, 11) is 0. The Morgan fingerprint density at radius 1 is 1.15 bits per heavy atom. The van der Waals surface area contributed by atoms with E-state index < -0.39 is 5.97 Å². The maximum Gasteiger partial charge on any atom is 0.329 e. The van der Waals surface area contributed by atoms with E-state index in [2.05, 4.69) is 0 Å². The van der Waals surface area contributed by atoms with Crippen LogP contribution in [-0.4, -0.2) is 43.3 Å². The number of carbonyl (C=O) groups excluding carboxylic acids is 1. The summed E-state index contributed by atoms with van der Waals surface area (Å²) < 4.78 is 9.68. The molecule has 0 spiro atoms. The van der Waals surface area contributed by atoms with Gasteiger partial charge in [-0.15, -0.1) is 0 Å². The molecule has 0 heterocycles. The second kappa shape index (κ2) is 7.70. The topological polar surface area (TPSA) is 72.8 Å². The SMILES string of the molecule is CC(=O)CCOCCOCC(=O)O. The number of hydrogen-bond donors (Lipinski definition) is 1. The molecule has 0 rings (SSSR count). The number of Topliss-reactive ketones (excluding diaryl/α,β-unsaturated/α-hetero) is 1. The minimum atomic E-state index is -0.997. The molecule has 13 heavy (non-hydrogen) atoms. The van der Waals surface area contributed by atoms with Crippen LogP contribution in [0.2, 0.25) is 0 Å². The van der Waals surface area contributed by atoms with E-state index in [0.29, 0.717) is 19.6 Å². The van der Waals surface area contributed by atoms with E-state index in [4.69, 9.17) is 14.6 Å². The zero-order chi connectivity index (χ0) is 10.1. The van der Waals surface area contributed by atoms with Gasteiger partial charge in [0, 0.05) is 6.42 Å². The molecule has 76 valence electrons. The van der Waals surface area contributed by atoms with Gasteiger partial charge in [-0.1, -0.05) is 0 Å². The fraction of sp³-hybridized carbons (Fsp3) is 0.750. The van der Waals surface area contributed by atoms with E-state index in [-0.39, 0.29) is 19.0 Å². The van der Waals surface area contributed by atoms with Crippen LogP contribution in [0.5, 0.6) is 0 Å². The minimum Gasteiger partial charge on any atom is -0.480 e. The van der Waals surface area contributed by atoms with E-state index in [1.54, 1.807) is 0 Å². The van der Waals surface area contributed by atoms with Gasteiger partial charge in [0.05, 0.1) is 19.8 Å². The molecule has 5 nitrogen and oxygen atoms in total. The fourth-order valence-electron chi connectivity index (χ4n) is 0.595. The Morgan fingerprint density at radius 2 is 1.77 bits per heavy atom. The summed E-state index contributed by atoms with van der Waals surface area (Å²) in [5.41, 5.74) is 0. The van der Waals surface area contributed by atoms with Crippen molar-refractivity contribution in [3.8, 4) is 0 Å². The Hall–Kier alpha value is -0.940. The van der Waals surface area contributed by atoms with Crippen LogP contribution >= 0.6 is 0 Å².